The van der Waals surface area contributed by atoms with Gasteiger partial charge in [0.15, 0.2) is 0 Å². The second-order valence-electron chi connectivity index (χ2n) is 4.27. The molecule has 0 aliphatic heterocycles. The maximum Gasteiger partial charge on any atom is 0 e. The number of hydrogen-bond donors (Lipinski definition) is 0. The zero-order valence-electron chi connectivity index (χ0n) is 10.9. The van der Waals surface area contributed by atoms with Crippen LogP contribution in [0.3, 0.4) is 0 Å². The first-order chi connectivity index (χ1) is 7.84. The maximum atomic E-state index is 2.43. The third kappa shape index (κ3) is 4.22. The SMILES string of the molecule is CC.Cc1ccc(CC2=CCCCC2)cc1.[HH]. The standard InChI is InChI=1S/C14H18.C2H6.H2/c1-12-7-9-14(10-8-12)11-13-5-3-2-4-6-13;1-2;/h5,7-10H,2-4,6,11H2,1H3;1-2H3;1H. The van der Waals surface area contributed by atoms with Crippen LogP contribution in [0, 0.1) is 6.92 Å². The van der Waals surface area contributed by atoms with Crippen LogP contribution < -0.4 is 0 Å². The van der Waals surface area contributed by atoms with Gasteiger partial charge in [-0.1, -0.05) is 55.3 Å². The first-order valence-electron chi connectivity index (χ1n) is 6.58. The first-order valence-corrected chi connectivity index (χ1v) is 6.58. The second kappa shape index (κ2) is 7.27. The van der Waals surface area contributed by atoms with Crippen LogP contribution in [0.15, 0.2) is 35.9 Å². The van der Waals surface area contributed by atoms with Crippen molar-refractivity contribution in [3.8, 4) is 0 Å². The van der Waals surface area contributed by atoms with Gasteiger partial charge in [0.25, 0.3) is 0 Å². The molecule has 1 aliphatic rings. The monoisotopic (exact) mass is 218 g/mol. The Morgan fingerprint density at radius 3 is 2.31 bits per heavy atom. The van der Waals surface area contributed by atoms with E-state index in [1.807, 2.05) is 13.8 Å². The minimum Gasteiger partial charge on any atom is -0.0850 e. The molecule has 1 aliphatic carbocycles. The van der Waals surface area contributed by atoms with Crippen LogP contribution in [-0.4, -0.2) is 0 Å². The summed E-state index contributed by atoms with van der Waals surface area (Å²) in [6.07, 6.45) is 8.98. The lowest BCUT2D eigenvalue weighted by Crippen LogP contribution is -1.95. The molecular weight excluding hydrogens is 192 g/mol. The van der Waals surface area contributed by atoms with Gasteiger partial charge in [-0.2, -0.15) is 0 Å². The van der Waals surface area contributed by atoms with Gasteiger partial charge in [-0.3, -0.25) is 0 Å². The molecule has 0 nitrogen and oxygen atoms in total. The van der Waals surface area contributed by atoms with Gasteiger partial charge in [0.2, 0.25) is 0 Å². The second-order valence-corrected chi connectivity index (χ2v) is 4.27. The summed E-state index contributed by atoms with van der Waals surface area (Å²) < 4.78 is 0. The molecular formula is C16H26. The van der Waals surface area contributed by atoms with E-state index in [1.54, 1.807) is 5.57 Å². The Balaban J connectivity index is 0.000000811. The van der Waals surface area contributed by atoms with E-state index >= 15 is 0 Å². The van der Waals surface area contributed by atoms with Gasteiger partial charge in [-0.05, 0) is 44.6 Å². The normalized spacial score (nSPS) is 14.8. The summed E-state index contributed by atoms with van der Waals surface area (Å²) in [5, 5.41) is 0. The number of rotatable bonds is 2. The lowest BCUT2D eigenvalue weighted by Gasteiger charge is -2.12. The molecule has 0 bridgehead atoms. The molecule has 16 heavy (non-hydrogen) atoms. The highest BCUT2D eigenvalue weighted by Crippen LogP contribution is 2.21. The number of benzene rings is 1. The molecule has 2 rings (SSSR count). The van der Waals surface area contributed by atoms with Crippen LogP contribution >= 0.6 is 0 Å². The molecule has 0 N–H and O–H groups in total. The summed E-state index contributed by atoms with van der Waals surface area (Å²) in [7, 11) is 0. The van der Waals surface area contributed by atoms with Crippen LogP contribution in [0.5, 0.6) is 0 Å². The molecule has 0 heterocycles. The summed E-state index contributed by atoms with van der Waals surface area (Å²) in [6, 6.07) is 8.92. The highest BCUT2D eigenvalue weighted by Gasteiger charge is 2.03. The Hall–Kier alpha value is -1.04. The quantitative estimate of drug-likeness (QED) is 0.590. The fourth-order valence-electron chi connectivity index (χ4n) is 2.03. The number of hydrogen-bond acceptors (Lipinski definition) is 0. The van der Waals surface area contributed by atoms with Crippen molar-refractivity contribution in [1.82, 2.24) is 0 Å². The van der Waals surface area contributed by atoms with Crippen LogP contribution in [-0.2, 0) is 6.42 Å². The lowest BCUT2D eigenvalue weighted by atomic mass is 9.94. The molecule has 1 aromatic carbocycles. The van der Waals surface area contributed by atoms with Gasteiger partial charge < -0.3 is 0 Å². The van der Waals surface area contributed by atoms with E-state index in [1.165, 1.54) is 43.2 Å². The zero-order valence-corrected chi connectivity index (χ0v) is 10.9. The first kappa shape index (κ1) is 13.0. The summed E-state index contributed by atoms with van der Waals surface area (Å²) in [4.78, 5) is 0. The Morgan fingerprint density at radius 2 is 1.75 bits per heavy atom. The van der Waals surface area contributed by atoms with E-state index in [0.29, 0.717) is 0 Å². The summed E-state index contributed by atoms with van der Waals surface area (Å²) in [5.74, 6) is 0. The molecule has 90 valence electrons. The molecule has 0 aromatic heterocycles. The molecule has 0 fully saturated rings. The fraction of sp³-hybridized carbons (Fsp3) is 0.500. The van der Waals surface area contributed by atoms with Crippen molar-refractivity contribution in [2.75, 3.05) is 0 Å². The third-order valence-corrected chi connectivity index (χ3v) is 2.94. The molecule has 0 saturated carbocycles. The van der Waals surface area contributed by atoms with Crippen LogP contribution in [0.1, 0.15) is 52.1 Å². The average molecular weight is 218 g/mol. The average Bonchev–Trinajstić information content (AvgIpc) is 2.36. The van der Waals surface area contributed by atoms with Crippen molar-refractivity contribution in [1.29, 1.82) is 0 Å². The van der Waals surface area contributed by atoms with Crippen LogP contribution in [0.2, 0.25) is 0 Å². The summed E-state index contributed by atoms with van der Waals surface area (Å²) in [5.41, 5.74) is 4.45. The van der Waals surface area contributed by atoms with Gasteiger partial charge in [0, 0.05) is 1.43 Å². The molecule has 0 radical (unpaired) electrons. The molecule has 0 atom stereocenters. The van der Waals surface area contributed by atoms with E-state index in [9.17, 15) is 0 Å². The predicted molar refractivity (Wildman–Crippen MR) is 74.9 cm³/mol. The molecule has 0 saturated heterocycles. The molecule has 1 aromatic rings. The Bertz CT molecular complexity index is 322. The van der Waals surface area contributed by atoms with Gasteiger partial charge in [0.05, 0.1) is 0 Å². The topological polar surface area (TPSA) is 0 Å². The highest BCUT2D eigenvalue weighted by atomic mass is 14.1. The molecule has 0 unspecified atom stereocenters. The Morgan fingerprint density at radius 1 is 1.06 bits per heavy atom. The summed E-state index contributed by atoms with van der Waals surface area (Å²) in [6.45, 7) is 6.14. The molecule has 0 heteroatoms. The van der Waals surface area contributed by atoms with E-state index in [0.717, 1.165) is 0 Å². The third-order valence-electron chi connectivity index (χ3n) is 2.94. The zero-order chi connectivity index (χ0) is 11.8. The largest absolute Gasteiger partial charge is 0.0850 e. The van der Waals surface area contributed by atoms with Crippen molar-refractivity contribution in [2.24, 2.45) is 0 Å². The number of allylic oxidation sites excluding steroid dienone is 2. The minimum absolute atomic E-state index is 0. The van der Waals surface area contributed by atoms with Crippen molar-refractivity contribution >= 4 is 0 Å². The molecule has 0 amide bonds. The van der Waals surface area contributed by atoms with Gasteiger partial charge in [-0.25, -0.2) is 0 Å². The Kier molecular flexibility index (Phi) is 5.92. The van der Waals surface area contributed by atoms with E-state index in [2.05, 4.69) is 37.3 Å². The summed E-state index contributed by atoms with van der Waals surface area (Å²) >= 11 is 0. The van der Waals surface area contributed by atoms with E-state index in [4.69, 9.17) is 0 Å². The van der Waals surface area contributed by atoms with Crippen molar-refractivity contribution in [2.45, 2.75) is 52.9 Å². The smallest absolute Gasteiger partial charge is 0 e. The lowest BCUT2D eigenvalue weighted by molar-refractivity contribution is 0.688. The van der Waals surface area contributed by atoms with E-state index in [-0.39, 0.29) is 1.43 Å². The Labute approximate surface area is 102 Å². The van der Waals surface area contributed by atoms with E-state index < -0.39 is 0 Å². The van der Waals surface area contributed by atoms with Crippen molar-refractivity contribution in [3.63, 3.8) is 0 Å². The van der Waals surface area contributed by atoms with Gasteiger partial charge in [-0.15, -0.1) is 0 Å². The van der Waals surface area contributed by atoms with Crippen molar-refractivity contribution < 1.29 is 1.43 Å². The number of aryl methyl sites for hydroxylation is 1. The molecule has 0 spiro atoms. The van der Waals surface area contributed by atoms with Crippen LogP contribution in [0.4, 0.5) is 0 Å². The van der Waals surface area contributed by atoms with Gasteiger partial charge >= 0.3 is 0 Å². The minimum atomic E-state index is 0. The predicted octanol–water partition coefficient (Wildman–Crippen LogP) is 5.31. The maximum absolute atomic E-state index is 2.43. The van der Waals surface area contributed by atoms with Crippen molar-refractivity contribution in [3.05, 3.63) is 47.0 Å². The van der Waals surface area contributed by atoms with Gasteiger partial charge in [0.1, 0.15) is 0 Å². The highest BCUT2D eigenvalue weighted by molar-refractivity contribution is 5.26. The van der Waals surface area contributed by atoms with Crippen LogP contribution in [0.25, 0.3) is 0 Å². The fourth-order valence-corrected chi connectivity index (χ4v) is 2.03.